The van der Waals surface area contributed by atoms with Crippen molar-refractivity contribution in [3.63, 3.8) is 0 Å². The predicted molar refractivity (Wildman–Crippen MR) is 74.5 cm³/mol. The zero-order valence-corrected chi connectivity index (χ0v) is 10.6. The van der Waals surface area contributed by atoms with Crippen LogP contribution in [0.15, 0.2) is 48.7 Å². The Kier molecular flexibility index (Phi) is 2.60. The molecule has 1 heterocycles. The summed E-state index contributed by atoms with van der Waals surface area (Å²) in [6.45, 7) is 6.27. The largest absolute Gasteiger partial charge is 0.221 e. The molecule has 1 aromatic carbocycles. The van der Waals surface area contributed by atoms with E-state index >= 15 is 0 Å². The Hall–Kier alpha value is -2.15. The first kappa shape index (κ1) is 11.0. The first-order chi connectivity index (χ1) is 8.77. The fourth-order valence-corrected chi connectivity index (χ4v) is 2.54. The molecule has 0 spiro atoms. The highest BCUT2D eigenvalue weighted by molar-refractivity contribution is 5.66. The summed E-state index contributed by atoms with van der Waals surface area (Å²) in [6, 6.07) is 10.6. The maximum Gasteiger partial charge on any atom is 0.221 e. The number of aromatic nitrogens is 1. The summed E-state index contributed by atoms with van der Waals surface area (Å²) in [6.07, 6.45) is 9.50. The van der Waals surface area contributed by atoms with E-state index in [-0.39, 0.29) is 0 Å². The lowest BCUT2D eigenvalue weighted by molar-refractivity contribution is -0.486. The molecule has 1 aliphatic rings. The number of hydrogen-bond donors (Lipinski definition) is 0. The van der Waals surface area contributed by atoms with E-state index in [1.54, 1.807) is 0 Å². The lowest BCUT2D eigenvalue weighted by Gasteiger charge is -2.08. The predicted octanol–water partition coefficient (Wildman–Crippen LogP) is 2.48. The minimum absolute atomic E-state index is 0.978. The van der Waals surface area contributed by atoms with Crippen LogP contribution in [0, 0.1) is 13.6 Å². The van der Waals surface area contributed by atoms with E-state index in [0.717, 1.165) is 6.42 Å². The van der Waals surface area contributed by atoms with Gasteiger partial charge in [0.1, 0.15) is 6.72 Å². The SMILES string of the molecule is C=[n+]1ccc2c(c1-c1ccccc1C)CC=CC=2. The average Bonchev–Trinajstić information content (AvgIpc) is 2.40. The lowest BCUT2D eigenvalue weighted by atomic mass is 9.96. The zero-order valence-electron chi connectivity index (χ0n) is 10.6. The topological polar surface area (TPSA) is 5.90 Å². The average molecular weight is 234 g/mol. The summed E-state index contributed by atoms with van der Waals surface area (Å²) >= 11 is 0. The van der Waals surface area contributed by atoms with E-state index in [9.17, 15) is 0 Å². The third-order valence-corrected chi connectivity index (χ3v) is 3.49. The fraction of sp³-hybridized carbons (Fsp3) is 0.118. The summed E-state index contributed by atoms with van der Waals surface area (Å²) in [5, 5.41) is 1.30. The number of aryl methyl sites for hydroxylation is 1. The van der Waals surface area contributed by atoms with Gasteiger partial charge in [-0.05, 0) is 30.2 Å². The molecule has 0 radical (unpaired) electrons. The molecule has 1 nitrogen and oxygen atoms in total. The van der Waals surface area contributed by atoms with Crippen molar-refractivity contribution in [2.45, 2.75) is 13.3 Å². The molecule has 0 amide bonds. The van der Waals surface area contributed by atoms with Crippen molar-refractivity contribution in [3.05, 3.63) is 71.7 Å². The summed E-state index contributed by atoms with van der Waals surface area (Å²) in [7, 11) is 0. The number of hydrogen-bond acceptors (Lipinski definition) is 0. The highest BCUT2D eigenvalue weighted by Gasteiger charge is 2.17. The molecule has 2 aromatic rings. The molecule has 0 saturated carbocycles. The Morgan fingerprint density at radius 3 is 2.83 bits per heavy atom. The van der Waals surface area contributed by atoms with Gasteiger partial charge in [-0.25, -0.2) is 0 Å². The van der Waals surface area contributed by atoms with Crippen molar-refractivity contribution >= 4 is 6.08 Å². The molecule has 1 heteroatoms. The Morgan fingerprint density at radius 2 is 2.00 bits per heavy atom. The summed E-state index contributed by atoms with van der Waals surface area (Å²) in [4.78, 5) is 0. The minimum Gasteiger partial charge on any atom is -0.173 e. The van der Waals surface area contributed by atoms with Gasteiger partial charge in [0.25, 0.3) is 0 Å². The first-order valence-electron chi connectivity index (χ1n) is 6.21. The molecule has 0 unspecified atom stereocenters. The van der Waals surface area contributed by atoms with Crippen LogP contribution in [0.4, 0.5) is 0 Å². The third-order valence-electron chi connectivity index (χ3n) is 3.49. The number of allylic oxidation sites excluding steroid dienone is 2. The monoisotopic (exact) mass is 234 g/mol. The van der Waals surface area contributed by atoms with Gasteiger partial charge in [-0.3, -0.25) is 0 Å². The Bertz CT molecular complexity index is 739. The second kappa shape index (κ2) is 4.26. The van der Waals surface area contributed by atoms with Crippen LogP contribution in [0.2, 0.25) is 0 Å². The van der Waals surface area contributed by atoms with Gasteiger partial charge in [0.05, 0.1) is 0 Å². The van der Waals surface area contributed by atoms with Crippen molar-refractivity contribution in [1.29, 1.82) is 0 Å². The molecule has 18 heavy (non-hydrogen) atoms. The minimum atomic E-state index is 0.978. The number of benzene rings is 1. The first-order valence-corrected chi connectivity index (χ1v) is 6.21. The second-order valence-corrected chi connectivity index (χ2v) is 4.68. The Balaban J connectivity index is 2.38. The smallest absolute Gasteiger partial charge is 0.173 e. The molecule has 0 aliphatic heterocycles. The maximum absolute atomic E-state index is 4.12. The van der Waals surface area contributed by atoms with E-state index in [0.29, 0.717) is 0 Å². The van der Waals surface area contributed by atoms with Gasteiger partial charge in [0.2, 0.25) is 5.69 Å². The van der Waals surface area contributed by atoms with Gasteiger partial charge in [-0.1, -0.05) is 36.4 Å². The van der Waals surface area contributed by atoms with Gasteiger partial charge in [0.15, 0.2) is 6.20 Å². The highest BCUT2D eigenvalue weighted by Crippen LogP contribution is 2.22. The summed E-state index contributed by atoms with van der Waals surface area (Å²) < 4.78 is 1.98. The lowest BCUT2D eigenvalue weighted by Crippen LogP contribution is -2.26. The van der Waals surface area contributed by atoms with Crippen LogP contribution >= 0.6 is 0 Å². The Labute approximate surface area is 107 Å². The van der Waals surface area contributed by atoms with Gasteiger partial charge < -0.3 is 0 Å². The van der Waals surface area contributed by atoms with Crippen LogP contribution in [-0.2, 0) is 6.42 Å². The second-order valence-electron chi connectivity index (χ2n) is 4.68. The highest BCUT2D eigenvalue weighted by atomic mass is 14.8. The van der Waals surface area contributed by atoms with Crippen LogP contribution in [-0.4, -0.2) is 0 Å². The Morgan fingerprint density at radius 1 is 1.17 bits per heavy atom. The van der Waals surface area contributed by atoms with E-state index in [2.05, 4.69) is 62.2 Å². The van der Waals surface area contributed by atoms with Crippen LogP contribution in [0.1, 0.15) is 11.1 Å². The van der Waals surface area contributed by atoms with E-state index < -0.39 is 0 Å². The molecule has 0 N–H and O–H groups in total. The maximum atomic E-state index is 4.12. The molecule has 0 atom stereocenters. The number of rotatable bonds is 1. The summed E-state index contributed by atoms with van der Waals surface area (Å²) in [5.74, 6) is 0. The van der Waals surface area contributed by atoms with Crippen LogP contribution in [0.25, 0.3) is 17.3 Å². The van der Waals surface area contributed by atoms with Crippen LogP contribution < -0.4 is 9.46 Å². The van der Waals surface area contributed by atoms with Gasteiger partial charge in [0, 0.05) is 17.2 Å². The molecule has 1 aromatic heterocycles. The van der Waals surface area contributed by atoms with Crippen LogP contribution in [0.5, 0.6) is 0 Å². The summed E-state index contributed by atoms with van der Waals surface area (Å²) in [5.41, 5.74) is 5.15. The molecule has 88 valence electrons. The standard InChI is InChI=1S/C17H16N/c1-13-7-3-5-9-15(13)17-16-10-6-4-8-14(16)11-12-18(17)2/h3-9,11-12H,2,10H2,1H3/q+1. The van der Waals surface area contributed by atoms with Crippen molar-refractivity contribution in [2.75, 3.05) is 0 Å². The quantitative estimate of drug-likeness (QED) is 0.669. The van der Waals surface area contributed by atoms with Gasteiger partial charge in [-0.15, -0.1) is 0 Å². The van der Waals surface area contributed by atoms with Crippen LogP contribution in [0.3, 0.4) is 0 Å². The molecule has 1 aliphatic carbocycles. The molecule has 0 fully saturated rings. The van der Waals surface area contributed by atoms with Gasteiger partial charge in [-0.2, -0.15) is 4.24 Å². The van der Waals surface area contributed by atoms with Crippen molar-refractivity contribution < 1.29 is 4.24 Å². The molecule has 0 saturated heterocycles. The number of fused-ring (bicyclic) bond motifs is 1. The molecule has 0 bridgehead atoms. The van der Waals surface area contributed by atoms with E-state index in [1.807, 2.05) is 10.4 Å². The van der Waals surface area contributed by atoms with E-state index in [4.69, 9.17) is 0 Å². The number of pyridine rings is 1. The molecular weight excluding hydrogens is 218 g/mol. The van der Waals surface area contributed by atoms with Crippen molar-refractivity contribution in [2.24, 2.45) is 0 Å². The third kappa shape index (κ3) is 1.68. The fourth-order valence-electron chi connectivity index (χ4n) is 2.54. The molecular formula is C17H16N+. The normalized spacial score (nSPS) is 12.9. The van der Waals surface area contributed by atoms with Crippen molar-refractivity contribution in [3.8, 4) is 11.3 Å². The molecule has 3 rings (SSSR count). The van der Waals surface area contributed by atoms with E-state index in [1.165, 1.54) is 27.6 Å². The van der Waals surface area contributed by atoms with Gasteiger partial charge >= 0.3 is 0 Å². The van der Waals surface area contributed by atoms with Crippen molar-refractivity contribution in [1.82, 2.24) is 0 Å². The zero-order chi connectivity index (χ0) is 12.5. The number of nitrogens with zero attached hydrogens (tertiary/aromatic N) is 1.